The van der Waals surface area contributed by atoms with Crippen LogP contribution in [0.3, 0.4) is 0 Å². The molecule has 0 aromatic heterocycles. The molecule has 5 nitrogen and oxygen atoms in total. The first kappa shape index (κ1) is 15.5. The van der Waals surface area contributed by atoms with Crippen LogP contribution in [-0.4, -0.2) is 39.6 Å². The highest BCUT2D eigenvalue weighted by Crippen LogP contribution is 2.27. The number of ether oxygens (including phenoxy) is 1. The number of nitrogens with zero attached hydrogens (tertiary/aromatic N) is 1. The molecule has 114 valence electrons. The van der Waals surface area contributed by atoms with Crippen molar-refractivity contribution in [3.63, 3.8) is 0 Å². The molecule has 2 rings (SSSR count). The average Bonchev–Trinajstić information content (AvgIpc) is 2.68. The zero-order chi connectivity index (χ0) is 15.7. The Morgan fingerprint density at radius 1 is 1.33 bits per heavy atom. The summed E-state index contributed by atoms with van der Waals surface area (Å²) >= 11 is 0. The van der Waals surface area contributed by atoms with E-state index in [9.17, 15) is 14.7 Å². The molecule has 1 saturated heterocycles. The van der Waals surface area contributed by atoms with Crippen LogP contribution >= 0.6 is 0 Å². The number of aliphatic hydroxyl groups is 1. The standard InChI is InChI=1S/C16H21NO4/c1-15(2,3)21-14(19)16(20)9-10-17(13(16)18)11-12-7-5-4-6-8-12/h4-8,20H,9-11H2,1-3H3/t16-/m0/s1. The van der Waals surface area contributed by atoms with E-state index in [1.807, 2.05) is 30.3 Å². The van der Waals surface area contributed by atoms with E-state index < -0.39 is 23.1 Å². The Morgan fingerprint density at radius 3 is 2.52 bits per heavy atom. The zero-order valence-electron chi connectivity index (χ0n) is 12.6. The van der Waals surface area contributed by atoms with E-state index >= 15 is 0 Å². The van der Waals surface area contributed by atoms with Crippen LogP contribution in [-0.2, 0) is 20.9 Å². The van der Waals surface area contributed by atoms with Gasteiger partial charge >= 0.3 is 5.97 Å². The molecule has 0 radical (unpaired) electrons. The Labute approximate surface area is 124 Å². The van der Waals surface area contributed by atoms with Gasteiger partial charge in [-0.1, -0.05) is 30.3 Å². The van der Waals surface area contributed by atoms with Crippen molar-refractivity contribution in [2.45, 2.75) is 44.9 Å². The lowest BCUT2D eigenvalue weighted by atomic mass is 10.0. The van der Waals surface area contributed by atoms with Crippen molar-refractivity contribution in [3.05, 3.63) is 35.9 Å². The second kappa shape index (κ2) is 5.48. The molecule has 1 aromatic carbocycles. The number of hydrogen-bond acceptors (Lipinski definition) is 4. The second-order valence-corrected chi connectivity index (χ2v) is 6.32. The summed E-state index contributed by atoms with van der Waals surface area (Å²) < 4.78 is 5.16. The Balaban J connectivity index is 2.08. The third kappa shape index (κ3) is 3.42. The lowest BCUT2D eigenvalue weighted by molar-refractivity contribution is -0.180. The number of hydrogen-bond donors (Lipinski definition) is 1. The number of amides is 1. The van der Waals surface area contributed by atoms with Gasteiger partial charge in [0, 0.05) is 19.5 Å². The summed E-state index contributed by atoms with van der Waals surface area (Å²) in [6.45, 7) is 5.83. The monoisotopic (exact) mass is 291 g/mol. The fourth-order valence-corrected chi connectivity index (χ4v) is 2.27. The van der Waals surface area contributed by atoms with Gasteiger partial charge in [-0.3, -0.25) is 4.79 Å². The molecule has 1 heterocycles. The van der Waals surface area contributed by atoms with E-state index in [0.29, 0.717) is 13.1 Å². The number of likely N-dealkylation sites (tertiary alicyclic amines) is 1. The van der Waals surface area contributed by atoms with Crippen molar-refractivity contribution in [1.29, 1.82) is 0 Å². The Bertz CT molecular complexity index is 535. The highest BCUT2D eigenvalue weighted by atomic mass is 16.6. The van der Waals surface area contributed by atoms with Gasteiger partial charge in [-0.2, -0.15) is 0 Å². The molecule has 1 aromatic rings. The van der Waals surface area contributed by atoms with Crippen LogP contribution in [0, 0.1) is 0 Å². The Kier molecular flexibility index (Phi) is 4.05. The first-order valence-corrected chi connectivity index (χ1v) is 7.01. The molecular weight excluding hydrogens is 270 g/mol. The minimum atomic E-state index is -2.05. The van der Waals surface area contributed by atoms with E-state index in [-0.39, 0.29) is 6.42 Å². The van der Waals surface area contributed by atoms with Crippen molar-refractivity contribution >= 4 is 11.9 Å². The lowest BCUT2D eigenvalue weighted by Crippen LogP contribution is -2.49. The molecule has 21 heavy (non-hydrogen) atoms. The van der Waals surface area contributed by atoms with E-state index in [4.69, 9.17) is 4.74 Å². The molecule has 0 aliphatic carbocycles. The van der Waals surface area contributed by atoms with Crippen molar-refractivity contribution in [1.82, 2.24) is 4.90 Å². The van der Waals surface area contributed by atoms with Crippen LogP contribution in [0.25, 0.3) is 0 Å². The van der Waals surface area contributed by atoms with Crippen LogP contribution < -0.4 is 0 Å². The molecule has 0 bridgehead atoms. The maximum Gasteiger partial charge on any atom is 0.348 e. The molecule has 0 spiro atoms. The molecule has 1 atom stereocenters. The van der Waals surface area contributed by atoms with Crippen LogP contribution in [0.15, 0.2) is 30.3 Å². The Hall–Kier alpha value is -1.88. The van der Waals surface area contributed by atoms with E-state index in [1.54, 1.807) is 20.8 Å². The molecule has 1 amide bonds. The van der Waals surface area contributed by atoms with Gasteiger partial charge in [-0.25, -0.2) is 4.79 Å². The zero-order valence-corrected chi connectivity index (χ0v) is 12.6. The third-order valence-electron chi connectivity index (χ3n) is 3.34. The number of carbonyl (C=O) groups excluding carboxylic acids is 2. The maximum atomic E-state index is 12.3. The molecule has 0 unspecified atom stereocenters. The van der Waals surface area contributed by atoms with E-state index in [1.165, 1.54) is 4.90 Å². The summed E-state index contributed by atoms with van der Waals surface area (Å²) in [5.41, 5.74) is -1.83. The number of rotatable bonds is 3. The van der Waals surface area contributed by atoms with Gasteiger partial charge in [0.15, 0.2) is 0 Å². The van der Waals surface area contributed by atoms with Gasteiger partial charge in [-0.15, -0.1) is 0 Å². The topological polar surface area (TPSA) is 66.8 Å². The van der Waals surface area contributed by atoms with Crippen molar-refractivity contribution in [3.8, 4) is 0 Å². The van der Waals surface area contributed by atoms with Crippen molar-refractivity contribution < 1.29 is 19.4 Å². The van der Waals surface area contributed by atoms with Crippen LogP contribution in [0.4, 0.5) is 0 Å². The normalized spacial score (nSPS) is 22.5. The van der Waals surface area contributed by atoms with Crippen LogP contribution in [0.2, 0.25) is 0 Å². The smallest absolute Gasteiger partial charge is 0.348 e. The summed E-state index contributed by atoms with van der Waals surface area (Å²) in [5, 5.41) is 10.4. The molecule has 1 aliphatic heterocycles. The molecule has 5 heteroatoms. The van der Waals surface area contributed by atoms with Gasteiger partial charge in [0.05, 0.1) is 0 Å². The largest absolute Gasteiger partial charge is 0.457 e. The number of esters is 1. The minimum Gasteiger partial charge on any atom is -0.457 e. The van der Waals surface area contributed by atoms with Gasteiger partial charge < -0.3 is 14.7 Å². The number of benzene rings is 1. The summed E-state index contributed by atoms with van der Waals surface area (Å²) in [5.74, 6) is -1.45. The summed E-state index contributed by atoms with van der Waals surface area (Å²) in [4.78, 5) is 25.9. The van der Waals surface area contributed by atoms with Gasteiger partial charge in [0.2, 0.25) is 5.60 Å². The molecular formula is C16H21NO4. The third-order valence-corrected chi connectivity index (χ3v) is 3.34. The Morgan fingerprint density at radius 2 is 1.95 bits per heavy atom. The lowest BCUT2D eigenvalue weighted by Gasteiger charge is -2.26. The molecule has 1 N–H and O–H groups in total. The highest BCUT2D eigenvalue weighted by molar-refractivity contribution is 6.07. The summed E-state index contributed by atoms with van der Waals surface area (Å²) in [7, 11) is 0. The van der Waals surface area contributed by atoms with Crippen LogP contribution in [0.5, 0.6) is 0 Å². The maximum absolute atomic E-state index is 12.3. The number of carbonyl (C=O) groups is 2. The molecule has 1 fully saturated rings. The molecule has 1 aliphatic rings. The SMILES string of the molecule is CC(C)(C)OC(=O)[C@]1(O)CCN(Cc2ccccc2)C1=O. The first-order chi connectivity index (χ1) is 9.72. The van der Waals surface area contributed by atoms with E-state index in [2.05, 4.69) is 0 Å². The summed E-state index contributed by atoms with van der Waals surface area (Å²) in [6.07, 6.45) is 0.0631. The predicted molar refractivity (Wildman–Crippen MR) is 77.3 cm³/mol. The highest BCUT2D eigenvalue weighted by Gasteiger charge is 2.53. The van der Waals surface area contributed by atoms with Gasteiger partial charge in [-0.05, 0) is 26.3 Å². The van der Waals surface area contributed by atoms with Crippen molar-refractivity contribution in [2.75, 3.05) is 6.54 Å². The van der Waals surface area contributed by atoms with Gasteiger partial charge in [0.1, 0.15) is 5.60 Å². The quantitative estimate of drug-likeness (QED) is 0.677. The molecule has 0 saturated carbocycles. The minimum absolute atomic E-state index is 0.0631. The average molecular weight is 291 g/mol. The second-order valence-electron chi connectivity index (χ2n) is 6.32. The predicted octanol–water partition coefficient (Wildman–Crippen LogP) is 1.49. The van der Waals surface area contributed by atoms with Crippen molar-refractivity contribution in [2.24, 2.45) is 0 Å². The van der Waals surface area contributed by atoms with Gasteiger partial charge in [0.25, 0.3) is 5.91 Å². The first-order valence-electron chi connectivity index (χ1n) is 7.01. The summed E-state index contributed by atoms with van der Waals surface area (Å²) in [6, 6.07) is 9.47. The van der Waals surface area contributed by atoms with Crippen LogP contribution in [0.1, 0.15) is 32.8 Å². The fraction of sp³-hybridized carbons (Fsp3) is 0.500. The fourth-order valence-electron chi connectivity index (χ4n) is 2.27. The van der Waals surface area contributed by atoms with E-state index in [0.717, 1.165) is 5.56 Å².